The first-order valence-electron chi connectivity index (χ1n) is 5.52. The summed E-state index contributed by atoms with van der Waals surface area (Å²) in [5.74, 6) is 0. The van der Waals surface area contributed by atoms with Crippen molar-refractivity contribution in [2.75, 3.05) is 12.4 Å². The summed E-state index contributed by atoms with van der Waals surface area (Å²) in [4.78, 5) is 0. The van der Waals surface area contributed by atoms with E-state index in [-0.39, 0.29) is 6.10 Å². The summed E-state index contributed by atoms with van der Waals surface area (Å²) < 4.78 is 5.57. The Morgan fingerprint density at radius 3 is 2.73 bits per heavy atom. The van der Waals surface area contributed by atoms with Crippen molar-refractivity contribution < 1.29 is 4.74 Å². The van der Waals surface area contributed by atoms with Gasteiger partial charge in [-0.15, -0.1) is 0 Å². The predicted molar refractivity (Wildman–Crippen MR) is 63.4 cm³/mol. The maximum absolute atomic E-state index is 5.57. The van der Waals surface area contributed by atoms with Crippen LogP contribution in [0.4, 0.5) is 5.69 Å². The van der Waals surface area contributed by atoms with Crippen LogP contribution < -0.4 is 5.32 Å². The number of methoxy groups -OCH3 is 1. The largest absolute Gasteiger partial charge is 0.382 e. The molecule has 1 N–H and O–H groups in total. The van der Waals surface area contributed by atoms with Gasteiger partial charge in [-0.1, -0.05) is 6.07 Å². The van der Waals surface area contributed by atoms with E-state index < -0.39 is 0 Å². The maximum atomic E-state index is 5.57. The van der Waals surface area contributed by atoms with Crippen LogP contribution >= 0.6 is 0 Å². The highest BCUT2D eigenvalue weighted by Gasteiger charge is 2.25. The molecule has 0 saturated heterocycles. The third kappa shape index (κ3) is 1.86. The Morgan fingerprint density at radius 2 is 2.07 bits per heavy atom. The molecule has 0 radical (unpaired) electrons. The molecule has 2 unspecified atom stereocenters. The third-order valence-corrected chi connectivity index (χ3v) is 3.11. The van der Waals surface area contributed by atoms with Crippen LogP contribution in [0.5, 0.6) is 0 Å². The van der Waals surface area contributed by atoms with Crippen molar-refractivity contribution in [3.8, 4) is 0 Å². The molecule has 1 aliphatic heterocycles. The first-order chi connectivity index (χ1) is 7.11. The average molecular weight is 205 g/mol. The molecule has 2 nitrogen and oxygen atoms in total. The van der Waals surface area contributed by atoms with Crippen LogP contribution in [0.15, 0.2) is 12.1 Å². The van der Waals surface area contributed by atoms with Crippen LogP contribution in [-0.4, -0.2) is 13.2 Å². The molecule has 0 spiro atoms. The number of nitrogens with one attached hydrogen (secondary N) is 1. The van der Waals surface area contributed by atoms with Gasteiger partial charge >= 0.3 is 0 Å². The van der Waals surface area contributed by atoms with Crippen LogP contribution in [0.25, 0.3) is 0 Å². The van der Waals surface area contributed by atoms with Crippen molar-refractivity contribution in [1.82, 2.24) is 0 Å². The highest BCUT2D eigenvalue weighted by atomic mass is 16.5. The van der Waals surface area contributed by atoms with Crippen molar-refractivity contribution in [1.29, 1.82) is 0 Å². The number of hydrogen-bond donors (Lipinski definition) is 1. The van der Waals surface area contributed by atoms with E-state index in [4.69, 9.17) is 4.74 Å². The summed E-state index contributed by atoms with van der Waals surface area (Å²) in [7, 11) is 1.80. The van der Waals surface area contributed by atoms with Gasteiger partial charge < -0.3 is 10.1 Å². The van der Waals surface area contributed by atoms with E-state index in [1.807, 2.05) is 0 Å². The molecule has 82 valence electrons. The van der Waals surface area contributed by atoms with Gasteiger partial charge in [0.1, 0.15) is 0 Å². The van der Waals surface area contributed by atoms with Crippen LogP contribution in [0.1, 0.15) is 36.1 Å². The van der Waals surface area contributed by atoms with Gasteiger partial charge in [-0.25, -0.2) is 0 Å². The zero-order valence-corrected chi connectivity index (χ0v) is 9.92. The van der Waals surface area contributed by atoms with Gasteiger partial charge in [0.25, 0.3) is 0 Å². The molecule has 0 aromatic heterocycles. The van der Waals surface area contributed by atoms with E-state index in [9.17, 15) is 0 Å². The van der Waals surface area contributed by atoms with Crippen molar-refractivity contribution in [3.05, 3.63) is 28.8 Å². The molecular weight excluding hydrogens is 186 g/mol. The number of fused-ring (bicyclic) bond motifs is 1. The third-order valence-electron chi connectivity index (χ3n) is 3.11. The van der Waals surface area contributed by atoms with Gasteiger partial charge in [0, 0.05) is 24.4 Å². The lowest BCUT2D eigenvalue weighted by atomic mass is 9.91. The van der Waals surface area contributed by atoms with Gasteiger partial charge in [-0.05, 0) is 44.4 Å². The van der Waals surface area contributed by atoms with Crippen molar-refractivity contribution >= 4 is 5.69 Å². The summed E-state index contributed by atoms with van der Waals surface area (Å²) in [5.41, 5.74) is 5.22. The van der Waals surface area contributed by atoms with Gasteiger partial charge in [-0.3, -0.25) is 0 Å². The Kier molecular flexibility index (Phi) is 2.70. The number of hydrogen-bond acceptors (Lipinski definition) is 2. The van der Waals surface area contributed by atoms with E-state index in [1.54, 1.807) is 7.11 Å². The number of ether oxygens (including phenoxy) is 1. The number of aryl methyl sites for hydroxylation is 2. The van der Waals surface area contributed by atoms with E-state index >= 15 is 0 Å². The van der Waals surface area contributed by atoms with Crippen LogP contribution in [-0.2, 0) is 4.74 Å². The summed E-state index contributed by atoms with van der Waals surface area (Å²) in [6.07, 6.45) is 1.30. The molecule has 1 aromatic rings. The summed E-state index contributed by atoms with van der Waals surface area (Å²) in [6, 6.07) is 4.93. The summed E-state index contributed by atoms with van der Waals surface area (Å²) in [5, 5.41) is 3.53. The second kappa shape index (κ2) is 3.86. The van der Waals surface area contributed by atoms with Crippen molar-refractivity contribution in [2.45, 2.75) is 39.3 Å². The highest BCUT2D eigenvalue weighted by Crippen LogP contribution is 2.37. The minimum Gasteiger partial charge on any atom is -0.382 e. The molecule has 0 fully saturated rings. The SMILES string of the molecule is COC1CC(C)Nc2cc(C)cc(C)c21. The molecule has 2 heteroatoms. The van der Waals surface area contributed by atoms with E-state index in [0.717, 1.165) is 6.42 Å². The zero-order chi connectivity index (χ0) is 11.0. The van der Waals surface area contributed by atoms with Crippen LogP contribution in [0.3, 0.4) is 0 Å². The molecule has 1 aromatic carbocycles. The van der Waals surface area contributed by atoms with Gasteiger partial charge in [0.05, 0.1) is 6.10 Å². The molecule has 1 heterocycles. The van der Waals surface area contributed by atoms with Crippen LogP contribution in [0, 0.1) is 13.8 Å². The topological polar surface area (TPSA) is 21.3 Å². The molecule has 2 rings (SSSR count). The monoisotopic (exact) mass is 205 g/mol. The average Bonchev–Trinajstić information content (AvgIpc) is 2.14. The van der Waals surface area contributed by atoms with Crippen molar-refractivity contribution in [3.63, 3.8) is 0 Å². The number of benzene rings is 1. The van der Waals surface area contributed by atoms with Gasteiger partial charge in [0.15, 0.2) is 0 Å². The minimum atomic E-state index is 0.247. The lowest BCUT2D eigenvalue weighted by Gasteiger charge is -2.32. The fourth-order valence-corrected chi connectivity index (χ4v) is 2.50. The first-order valence-corrected chi connectivity index (χ1v) is 5.52. The molecule has 2 atom stereocenters. The summed E-state index contributed by atoms with van der Waals surface area (Å²) >= 11 is 0. The Labute approximate surface area is 91.6 Å². The number of rotatable bonds is 1. The Bertz CT molecular complexity index is 373. The second-order valence-electron chi connectivity index (χ2n) is 4.55. The maximum Gasteiger partial charge on any atom is 0.0863 e. The molecule has 0 saturated carbocycles. The van der Waals surface area contributed by atoms with Crippen LogP contribution in [0.2, 0.25) is 0 Å². The molecule has 0 aliphatic carbocycles. The Balaban J connectivity index is 2.51. The van der Waals surface area contributed by atoms with E-state index in [2.05, 4.69) is 38.2 Å². The highest BCUT2D eigenvalue weighted by molar-refractivity contribution is 5.59. The van der Waals surface area contributed by atoms with Gasteiger partial charge in [-0.2, -0.15) is 0 Å². The van der Waals surface area contributed by atoms with E-state index in [1.165, 1.54) is 22.4 Å². The molecule has 0 bridgehead atoms. The smallest absolute Gasteiger partial charge is 0.0863 e. The second-order valence-corrected chi connectivity index (χ2v) is 4.55. The standard InChI is InChI=1S/C13H19NO/c1-8-5-9(2)13-11(6-8)14-10(3)7-12(13)15-4/h5-6,10,12,14H,7H2,1-4H3. The first kappa shape index (κ1) is 10.5. The van der Waals surface area contributed by atoms with Gasteiger partial charge in [0.2, 0.25) is 0 Å². The number of anilines is 1. The van der Waals surface area contributed by atoms with E-state index in [0.29, 0.717) is 6.04 Å². The Morgan fingerprint density at radius 1 is 1.33 bits per heavy atom. The lowest BCUT2D eigenvalue weighted by molar-refractivity contribution is 0.0889. The molecule has 15 heavy (non-hydrogen) atoms. The minimum absolute atomic E-state index is 0.247. The predicted octanol–water partition coefficient (Wildman–Crippen LogP) is 3.20. The fraction of sp³-hybridized carbons (Fsp3) is 0.538. The normalized spacial score (nSPS) is 24.5. The molecule has 0 amide bonds. The lowest BCUT2D eigenvalue weighted by Crippen LogP contribution is -2.27. The quantitative estimate of drug-likeness (QED) is 0.760. The summed E-state index contributed by atoms with van der Waals surface area (Å²) in [6.45, 7) is 6.50. The molecule has 1 aliphatic rings. The molecular formula is C13H19NO. The fourth-order valence-electron chi connectivity index (χ4n) is 2.50. The zero-order valence-electron chi connectivity index (χ0n) is 9.92. The van der Waals surface area contributed by atoms with Crippen molar-refractivity contribution in [2.24, 2.45) is 0 Å². The Hall–Kier alpha value is -1.02.